The summed E-state index contributed by atoms with van der Waals surface area (Å²) < 4.78 is 5.16. The van der Waals surface area contributed by atoms with Gasteiger partial charge in [-0.3, -0.25) is 14.9 Å². The van der Waals surface area contributed by atoms with Crippen molar-refractivity contribution in [1.29, 1.82) is 0 Å². The Labute approximate surface area is 139 Å². The Hall–Kier alpha value is -2.44. The summed E-state index contributed by atoms with van der Waals surface area (Å²) in [5, 5.41) is 11.2. The largest absolute Gasteiger partial charge is 0.464 e. The number of nitrogens with zero attached hydrogens (tertiary/aromatic N) is 2. The van der Waals surface area contributed by atoms with Crippen LogP contribution in [0.4, 0.5) is 5.69 Å². The average molecular weight is 332 g/mol. The van der Waals surface area contributed by atoms with Crippen molar-refractivity contribution in [2.24, 2.45) is 5.92 Å². The van der Waals surface area contributed by atoms with E-state index in [1.807, 2.05) is 0 Å². The molecule has 0 radical (unpaired) electrons. The molecular formula is C17H20N2O5. The quantitative estimate of drug-likeness (QED) is 0.480. The molecule has 24 heavy (non-hydrogen) atoms. The molecule has 7 heteroatoms. The fourth-order valence-electron chi connectivity index (χ4n) is 3.93. The number of ether oxygens (including phenoxy) is 1. The lowest BCUT2D eigenvalue weighted by Gasteiger charge is -2.49. The van der Waals surface area contributed by atoms with Crippen LogP contribution in [0, 0.1) is 16.0 Å². The zero-order valence-corrected chi connectivity index (χ0v) is 13.5. The Morgan fingerprint density at radius 2 is 1.92 bits per heavy atom. The fourth-order valence-corrected chi connectivity index (χ4v) is 3.93. The van der Waals surface area contributed by atoms with Crippen LogP contribution in [-0.4, -0.2) is 40.4 Å². The Kier molecular flexibility index (Phi) is 4.51. The molecule has 7 nitrogen and oxygen atoms in total. The Morgan fingerprint density at radius 3 is 2.54 bits per heavy atom. The van der Waals surface area contributed by atoms with Gasteiger partial charge in [-0.25, -0.2) is 4.79 Å². The maximum Gasteiger partial charge on any atom is 0.329 e. The lowest BCUT2D eigenvalue weighted by Crippen LogP contribution is -2.60. The summed E-state index contributed by atoms with van der Waals surface area (Å²) in [6, 6.07) is 5.20. The molecule has 128 valence electrons. The Morgan fingerprint density at radius 1 is 1.25 bits per heavy atom. The van der Waals surface area contributed by atoms with E-state index < -0.39 is 22.8 Å². The van der Waals surface area contributed by atoms with Crippen molar-refractivity contribution in [3.8, 4) is 0 Å². The van der Waals surface area contributed by atoms with Crippen molar-refractivity contribution in [2.45, 2.75) is 44.7 Å². The van der Waals surface area contributed by atoms with Gasteiger partial charge in [0.05, 0.1) is 11.5 Å². The number of carbonyl (C=O) groups is 2. The molecule has 0 aromatic heterocycles. The van der Waals surface area contributed by atoms with Gasteiger partial charge in [-0.2, -0.15) is 0 Å². The van der Waals surface area contributed by atoms with Gasteiger partial charge < -0.3 is 9.64 Å². The predicted octanol–water partition coefficient (Wildman–Crippen LogP) is 2.54. The van der Waals surface area contributed by atoms with E-state index in [0.29, 0.717) is 0 Å². The highest BCUT2D eigenvalue weighted by molar-refractivity contribution is 6.00. The zero-order valence-electron chi connectivity index (χ0n) is 13.5. The lowest BCUT2D eigenvalue weighted by atomic mass is 9.74. The van der Waals surface area contributed by atoms with Crippen LogP contribution in [0.2, 0.25) is 0 Å². The van der Waals surface area contributed by atoms with Crippen molar-refractivity contribution in [1.82, 2.24) is 4.90 Å². The van der Waals surface area contributed by atoms with Gasteiger partial charge in [0.15, 0.2) is 0 Å². The molecule has 1 aromatic carbocycles. The number of piperidine rings is 2. The monoisotopic (exact) mass is 332 g/mol. The summed E-state index contributed by atoms with van der Waals surface area (Å²) >= 11 is 0. The third kappa shape index (κ3) is 2.74. The van der Waals surface area contributed by atoms with Gasteiger partial charge >= 0.3 is 5.97 Å². The molecule has 2 heterocycles. The van der Waals surface area contributed by atoms with E-state index in [9.17, 15) is 19.7 Å². The number of nitro benzene ring substituents is 1. The molecule has 0 spiro atoms. The number of nitro groups is 1. The zero-order chi connectivity index (χ0) is 17.3. The number of benzene rings is 1. The van der Waals surface area contributed by atoms with E-state index >= 15 is 0 Å². The number of amides is 1. The van der Waals surface area contributed by atoms with E-state index in [0.717, 1.165) is 25.7 Å². The maximum absolute atomic E-state index is 13.0. The van der Waals surface area contributed by atoms with Crippen LogP contribution in [0.15, 0.2) is 24.3 Å². The molecule has 4 rings (SSSR count). The number of esters is 1. The summed E-state index contributed by atoms with van der Waals surface area (Å²) in [5.41, 5.74) is -0.198. The molecule has 1 saturated carbocycles. The SMILES string of the molecule is CCOC(=O)C1C2CCC(CC2)N1C(=O)c1ccccc1[N+](=O)[O-]. The summed E-state index contributed by atoms with van der Waals surface area (Å²) in [6.45, 7) is 1.98. The van der Waals surface area contributed by atoms with Crippen LogP contribution in [-0.2, 0) is 9.53 Å². The smallest absolute Gasteiger partial charge is 0.329 e. The van der Waals surface area contributed by atoms with E-state index in [1.165, 1.54) is 23.1 Å². The molecule has 1 aromatic rings. The van der Waals surface area contributed by atoms with Gasteiger partial charge in [-0.15, -0.1) is 0 Å². The number of fused-ring (bicyclic) bond motifs is 3. The molecule has 1 aliphatic carbocycles. The van der Waals surface area contributed by atoms with Gasteiger partial charge in [0.25, 0.3) is 11.6 Å². The van der Waals surface area contributed by atoms with E-state index in [1.54, 1.807) is 13.0 Å². The second-order valence-electron chi connectivity index (χ2n) is 6.25. The highest BCUT2D eigenvalue weighted by atomic mass is 16.6. The lowest BCUT2D eigenvalue weighted by molar-refractivity contribution is -0.385. The third-order valence-corrected chi connectivity index (χ3v) is 4.97. The minimum absolute atomic E-state index is 0.0318. The second-order valence-corrected chi connectivity index (χ2v) is 6.25. The number of hydrogen-bond acceptors (Lipinski definition) is 5. The highest BCUT2D eigenvalue weighted by Crippen LogP contribution is 2.41. The molecule has 1 atom stereocenters. The van der Waals surface area contributed by atoms with Gasteiger partial charge in [-0.05, 0) is 44.6 Å². The van der Waals surface area contributed by atoms with Crippen LogP contribution in [0.3, 0.4) is 0 Å². The molecule has 2 bridgehead atoms. The molecule has 1 amide bonds. The number of carbonyl (C=O) groups excluding carboxylic acids is 2. The summed E-state index contributed by atoms with van der Waals surface area (Å²) in [4.78, 5) is 37.7. The van der Waals surface area contributed by atoms with Crippen molar-refractivity contribution >= 4 is 17.6 Å². The van der Waals surface area contributed by atoms with Gasteiger partial charge in [-0.1, -0.05) is 12.1 Å². The van der Waals surface area contributed by atoms with Crippen LogP contribution in [0.5, 0.6) is 0 Å². The molecule has 0 N–H and O–H groups in total. The van der Waals surface area contributed by atoms with Crippen LogP contribution < -0.4 is 0 Å². The Balaban J connectivity index is 1.97. The van der Waals surface area contributed by atoms with Gasteiger partial charge in [0.1, 0.15) is 11.6 Å². The molecular weight excluding hydrogens is 312 g/mol. The normalized spacial score (nSPS) is 25.4. The molecule has 1 unspecified atom stereocenters. The topological polar surface area (TPSA) is 89.8 Å². The number of rotatable bonds is 4. The van der Waals surface area contributed by atoms with E-state index in [2.05, 4.69) is 0 Å². The minimum atomic E-state index is -0.634. The van der Waals surface area contributed by atoms with Crippen molar-refractivity contribution < 1.29 is 19.2 Å². The number of para-hydroxylation sites is 1. The van der Waals surface area contributed by atoms with Crippen LogP contribution in [0.1, 0.15) is 43.0 Å². The minimum Gasteiger partial charge on any atom is -0.464 e. The molecule has 3 fully saturated rings. The first-order valence-electron chi connectivity index (χ1n) is 8.27. The summed E-state index contributed by atoms with van der Waals surface area (Å²) in [6.07, 6.45) is 3.42. The predicted molar refractivity (Wildman–Crippen MR) is 85.4 cm³/mol. The van der Waals surface area contributed by atoms with E-state index in [-0.39, 0.29) is 29.8 Å². The Bertz CT molecular complexity index is 667. The first-order valence-corrected chi connectivity index (χ1v) is 8.27. The van der Waals surface area contributed by atoms with Crippen molar-refractivity contribution in [3.05, 3.63) is 39.9 Å². The van der Waals surface area contributed by atoms with Gasteiger partial charge in [0, 0.05) is 12.1 Å². The first kappa shape index (κ1) is 16.4. The van der Waals surface area contributed by atoms with Crippen molar-refractivity contribution in [3.63, 3.8) is 0 Å². The van der Waals surface area contributed by atoms with Crippen molar-refractivity contribution in [2.75, 3.05) is 6.61 Å². The fraction of sp³-hybridized carbons (Fsp3) is 0.529. The summed E-state index contributed by atoms with van der Waals surface area (Å²) in [5.74, 6) is -0.783. The first-order chi connectivity index (χ1) is 11.5. The second kappa shape index (κ2) is 6.59. The number of hydrogen-bond donors (Lipinski definition) is 0. The standard InChI is InChI=1S/C17H20N2O5/c1-2-24-17(21)15-11-7-9-12(10-8-11)18(15)16(20)13-5-3-4-6-14(13)19(22)23/h3-6,11-12,15H,2,7-10H2,1H3. The molecule has 2 saturated heterocycles. The van der Waals surface area contributed by atoms with Gasteiger partial charge in [0.2, 0.25) is 0 Å². The molecule has 2 aliphatic heterocycles. The van der Waals surface area contributed by atoms with Crippen LogP contribution in [0.25, 0.3) is 0 Å². The highest BCUT2D eigenvalue weighted by Gasteiger charge is 2.49. The third-order valence-electron chi connectivity index (χ3n) is 4.97. The van der Waals surface area contributed by atoms with E-state index in [4.69, 9.17) is 4.74 Å². The molecule has 3 aliphatic rings. The van der Waals surface area contributed by atoms with Crippen LogP contribution >= 0.6 is 0 Å². The maximum atomic E-state index is 13.0. The summed E-state index contributed by atoms with van der Waals surface area (Å²) in [7, 11) is 0. The average Bonchev–Trinajstić information content (AvgIpc) is 2.61.